The second kappa shape index (κ2) is 7.65. The lowest BCUT2D eigenvalue weighted by Crippen LogP contribution is -2.71. The van der Waals surface area contributed by atoms with Crippen LogP contribution < -0.4 is 11.1 Å². The molecule has 0 saturated carbocycles. The molecule has 2 amide bonds. The fourth-order valence-electron chi connectivity index (χ4n) is 2.11. The number of nitrogens with one attached hydrogen (secondary N) is 1. The smallest absolute Gasteiger partial charge is 0.365 e. The van der Waals surface area contributed by atoms with Crippen molar-refractivity contribution in [1.82, 2.24) is 0 Å². The van der Waals surface area contributed by atoms with Crippen LogP contribution >= 0.6 is 11.3 Å². The predicted molar refractivity (Wildman–Crippen MR) is 81.7 cm³/mol. The van der Waals surface area contributed by atoms with E-state index >= 15 is 0 Å². The molecule has 0 spiro atoms. The fourth-order valence-corrected chi connectivity index (χ4v) is 3.17. The zero-order valence-electron chi connectivity index (χ0n) is 15.2. The summed E-state index contributed by atoms with van der Waals surface area (Å²) in [7, 11) is 0. The molecule has 184 valence electrons. The summed E-state index contributed by atoms with van der Waals surface area (Å²) in [5.41, 5.74) is 4.03. The summed E-state index contributed by atoms with van der Waals surface area (Å²) < 4.78 is 170. The van der Waals surface area contributed by atoms with E-state index in [1.807, 2.05) is 0 Å². The maximum Gasteiger partial charge on any atom is 0.460 e. The van der Waals surface area contributed by atoms with Crippen molar-refractivity contribution >= 4 is 28.2 Å². The Morgan fingerprint density at radius 3 is 1.53 bits per heavy atom. The summed E-state index contributed by atoms with van der Waals surface area (Å²) in [6.45, 7) is 2.32. The number of rotatable bonds is 7. The number of alkyl halides is 13. The molecule has 3 N–H and O–H groups in total. The van der Waals surface area contributed by atoms with E-state index in [0.717, 1.165) is 12.2 Å². The second-order valence-corrected chi connectivity index (χ2v) is 7.40. The first-order valence-electron chi connectivity index (χ1n) is 7.56. The Labute approximate surface area is 172 Å². The van der Waals surface area contributed by atoms with Gasteiger partial charge in [-0.2, -0.15) is 57.1 Å². The summed E-state index contributed by atoms with van der Waals surface area (Å²) >= 11 is 0.230. The van der Waals surface area contributed by atoms with Crippen LogP contribution in [0.5, 0.6) is 0 Å². The highest BCUT2D eigenvalue weighted by Gasteiger charge is 2.91. The van der Waals surface area contributed by atoms with Crippen LogP contribution in [0.4, 0.5) is 62.1 Å². The number of nitrogens with two attached hydrogens (primary N) is 1. The maximum absolute atomic E-state index is 13.8. The van der Waals surface area contributed by atoms with Crippen molar-refractivity contribution in [3.8, 4) is 0 Å². The van der Waals surface area contributed by atoms with E-state index in [0.29, 0.717) is 0 Å². The lowest BCUT2D eigenvalue weighted by molar-refractivity contribution is -0.435. The van der Waals surface area contributed by atoms with Gasteiger partial charge < -0.3 is 11.1 Å². The van der Waals surface area contributed by atoms with Gasteiger partial charge in [0.25, 0.3) is 5.91 Å². The minimum Gasteiger partial charge on any atom is -0.365 e. The van der Waals surface area contributed by atoms with Crippen LogP contribution in [0.3, 0.4) is 0 Å². The molecule has 4 nitrogen and oxygen atoms in total. The molecule has 1 heterocycles. The largest absolute Gasteiger partial charge is 0.460 e. The second-order valence-electron chi connectivity index (χ2n) is 6.18. The quantitative estimate of drug-likeness (QED) is 0.493. The number of amides is 2. The molecule has 32 heavy (non-hydrogen) atoms. The molecule has 0 bridgehead atoms. The van der Waals surface area contributed by atoms with Gasteiger partial charge in [0.05, 0.1) is 5.56 Å². The van der Waals surface area contributed by atoms with Crippen LogP contribution in [0.2, 0.25) is 0 Å². The van der Waals surface area contributed by atoms with Gasteiger partial charge in [-0.1, -0.05) is 0 Å². The van der Waals surface area contributed by atoms with Gasteiger partial charge in [0.2, 0.25) is 0 Å². The SMILES string of the molecule is Cc1sc(NC(=O)C(F)(F)C(F)(F)C(F)(F)C(F)(F)C(F)(F)C(F)(F)F)c(C(N)=O)c1C. The highest BCUT2D eigenvalue weighted by molar-refractivity contribution is 7.16. The molecule has 1 aromatic rings. The molecule has 0 fully saturated rings. The van der Waals surface area contributed by atoms with Crippen LogP contribution in [0, 0.1) is 13.8 Å². The molecule has 1 rings (SSSR count). The third-order valence-electron chi connectivity index (χ3n) is 4.08. The first-order valence-corrected chi connectivity index (χ1v) is 8.38. The summed E-state index contributed by atoms with van der Waals surface area (Å²) in [6, 6.07) is 0. The van der Waals surface area contributed by atoms with Crippen molar-refractivity contribution in [3.05, 3.63) is 16.0 Å². The summed E-state index contributed by atoms with van der Waals surface area (Å²) in [5.74, 6) is -43.8. The topological polar surface area (TPSA) is 72.2 Å². The Kier molecular flexibility index (Phi) is 6.64. The zero-order valence-corrected chi connectivity index (χ0v) is 16.0. The number of carbonyl (C=O) groups is 2. The average Bonchev–Trinajstić information content (AvgIpc) is 2.86. The van der Waals surface area contributed by atoms with Crippen molar-refractivity contribution in [2.24, 2.45) is 5.73 Å². The maximum atomic E-state index is 13.8. The fraction of sp³-hybridized carbons (Fsp3) is 0.571. The standard InChI is InChI=1S/C14H9F13N2O2S/c1-3-4(2)32-7(5(3)6(28)30)29-8(31)9(15,16)10(17,18)11(19,20)12(21,22)13(23,24)14(25,26)27/h1-2H3,(H2,28,30)(H,29,31). The van der Waals surface area contributed by atoms with E-state index in [1.54, 1.807) is 0 Å². The van der Waals surface area contributed by atoms with E-state index in [9.17, 15) is 66.7 Å². The zero-order chi connectivity index (χ0) is 25.9. The Hall–Kier alpha value is -2.27. The van der Waals surface area contributed by atoms with Gasteiger partial charge >= 0.3 is 41.7 Å². The van der Waals surface area contributed by atoms with Gasteiger partial charge in [0.15, 0.2) is 0 Å². The lowest BCUT2D eigenvalue weighted by atomic mass is 9.93. The Morgan fingerprint density at radius 2 is 1.16 bits per heavy atom. The van der Waals surface area contributed by atoms with Crippen LogP contribution in [-0.2, 0) is 4.79 Å². The van der Waals surface area contributed by atoms with E-state index in [4.69, 9.17) is 5.73 Å². The molecular formula is C14H9F13N2O2S. The normalized spacial score (nSPS) is 14.5. The van der Waals surface area contributed by atoms with Crippen molar-refractivity contribution in [1.29, 1.82) is 0 Å². The van der Waals surface area contributed by atoms with Crippen LogP contribution in [0.15, 0.2) is 0 Å². The Balaban J connectivity index is 3.51. The van der Waals surface area contributed by atoms with E-state index < -0.39 is 58.2 Å². The predicted octanol–water partition coefficient (Wildman–Crippen LogP) is 5.14. The lowest BCUT2D eigenvalue weighted by Gasteiger charge is -2.39. The number of halogens is 13. The highest BCUT2D eigenvalue weighted by Crippen LogP contribution is 2.60. The Morgan fingerprint density at radius 1 is 0.750 bits per heavy atom. The molecule has 0 saturated heterocycles. The molecule has 18 heteroatoms. The summed E-state index contributed by atoms with van der Waals surface area (Å²) in [5, 5.41) is -0.171. The van der Waals surface area contributed by atoms with Crippen LogP contribution in [0.1, 0.15) is 20.8 Å². The molecule has 0 unspecified atom stereocenters. The van der Waals surface area contributed by atoms with Gasteiger partial charge in [-0.05, 0) is 19.4 Å². The van der Waals surface area contributed by atoms with Gasteiger partial charge in [-0.25, -0.2) is 0 Å². The van der Waals surface area contributed by atoms with E-state index in [-0.39, 0.29) is 21.8 Å². The highest BCUT2D eigenvalue weighted by atomic mass is 32.1. The number of primary amides is 1. The number of hydrogen-bond acceptors (Lipinski definition) is 3. The average molecular weight is 516 g/mol. The third kappa shape index (κ3) is 3.75. The molecule has 0 atom stereocenters. The number of carbonyl (C=O) groups excluding carboxylic acids is 2. The monoisotopic (exact) mass is 516 g/mol. The minimum atomic E-state index is -8.13. The molecule has 0 aliphatic heterocycles. The summed E-state index contributed by atoms with van der Waals surface area (Å²) in [4.78, 5) is 22.9. The molecule has 0 radical (unpaired) electrons. The van der Waals surface area contributed by atoms with Gasteiger partial charge in [-0.3, -0.25) is 9.59 Å². The molecular weight excluding hydrogens is 507 g/mol. The van der Waals surface area contributed by atoms with Crippen LogP contribution in [0.25, 0.3) is 0 Å². The van der Waals surface area contributed by atoms with Crippen LogP contribution in [-0.4, -0.2) is 47.6 Å². The third-order valence-corrected chi connectivity index (χ3v) is 5.20. The number of thiophene rings is 1. The van der Waals surface area contributed by atoms with Crippen molar-refractivity contribution in [2.75, 3.05) is 5.32 Å². The molecule has 1 aromatic heterocycles. The number of anilines is 1. The number of hydrogen-bond donors (Lipinski definition) is 2. The molecule has 0 aliphatic rings. The summed E-state index contributed by atoms with van der Waals surface area (Å²) in [6.07, 6.45) is -7.56. The number of aryl methyl sites for hydroxylation is 1. The van der Waals surface area contributed by atoms with Crippen molar-refractivity contribution in [2.45, 2.75) is 49.6 Å². The van der Waals surface area contributed by atoms with Crippen molar-refractivity contribution < 1.29 is 66.7 Å². The van der Waals surface area contributed by atoms with Gasteiger partial charge in [0.1, 0.15) is 5.00 Å². The Bertz CT molecular complexity index is 920. The van der Waals surface area contributed by atoms with Gasteiger partial charge in [0, 0.05) is 4.88 Å². The molecule has 0 aromatic carbocycles. The van der Waals surface area contributed by atoms with Crippen molar-refractivity contribution in [3.63, 3.8) is 0 Å². The van der Waals surface area contributed by atoms with E-state index in [1.165, 1.54) is 6.92 Å². The first-order chi connectivity index (χ1) is 13.9. The molecule has 0 aliphatic carbocycles. The first kappa shape index (κ1) is 27.8. The van der Waals surface area contributed by atoms with E-state index in [2.05, 4.69) is 0 Å². The van der Waals surface area contributed by atoms with Gasteiger partial charge in [-0.15, -0.1) is 11.3 Å². The minimum absolute atomic E-state index is 0.0610.